The van der Waals surface area contributed by atoms with Crippen molar-refractivity contribution in [2.24, 2.45) is 0 Å². The van der Waals surface area contributed by atoms with Crippen molar-refractivity contribution < 1.29 is 0 Å². The third-order valence-corrected chi connectivity index (χ3v) is 4.29. The molecule has 0 N–H and O–H groups in total. The zero-order chi connectivity index (χ0) is 14.8. The molecular formula is C16H15N3OS. The van der Waals surface area contributed by atoms with E-state index in [9.17, 15) is 4.79 Å². The molecule has 0 bridgehead atoms. The lowest BCUT2D eigenvalue weighted by Crippen LogP contribution is -2.20. The minimum absolute atomic E-state index is 0.225. The molecule has 0 aliphatic heterocycles. The Bertz CT molecular complexity index is 827. The van der Waals surface area contributed by atoms with Crippen molar-refractivity contribution in [3.63, 3.8) is 0 Å². The van der Waals surface area contributed by atoms with Crippen LogP contribution in [0.15, 0.2) is 47.4 Å². The van der Waals surface area contributed by atoms with Crippen LogP contribution >= 0.6 is 11.3 Å². The lowest BCUT2D eigenvalue weighted by Gasteiger charge is -2.21. The molecule has 0 amide bonds. The lowest BCUT2D eigenvalue weighted by atomic mass is 10.2. The van der Waals surface area contributed by atoms with Crippen molar-refractivity contribution in [1.82, 2.24) is 9.97 Å². The number of aromatic nitrogens is 2. The van der Waals surface area contributed by atoms with Crippen LogP contribution < -0.4 is 10.5 Å². The fourth-order valence-electron chi connectivity index (χ4n) is 2.16. The van der Waals surface area contributed by atoms with Crippen molar-refractivity contribution in [3.05, 3.63) is 58.5 Å². The van der Waals surface area contributed by atoms with Gasteiger partial charge in [0.25, 0.3) is 5.56 Å². The zero-order valence-corrected chi connectivity index (χ0v) is 12.7. The van der Waals surface area contributed by atoms with Gasteiger partial charge in [0.2, 0.25) is 0 Å². The summed E-state index contributed by atoms with van der Waals surface area (Å²) in [7, 11) is 0. The van der Waals surface area contributed by atoms with Crippen LogP contribution in [0.25, 0.3) is 10.2 Å². The van der Waals surface area contributed by atoms with Gasteiger partial charge in [-0.15, -0.1) is 0 Å². The van der Waals surface area contributed by atoms with Gasteiger partial charge in [-0.2, -0.15) is 4.98 Å². The van der Waals surface area contributed by atoms with Gasteiger partial charge < -0.3 is 4.90 Å². The predicted molar refractivity (Wildman–Crippen MR) is 87.5 cm³/mol. The molecular weight excluding hydrogens is 282 g/mol. The Labute approximate surface area is 126 Å². The van der Waals surface area contributed by atoms with Crippen LogP contribution in [0.2, 0.25) is 0 Å². The van der Waals surface area contributed by atoms with E-state index in [2.05, 4.69) is 29.0 Å². The average Bonchev–Trinajstić information content (AvgIpc) is 2.50. The van der Waals surface area contributed by atoms with Crippen molar-refractivity contribution in [1.29, 1.82) is 0 Å². The van der Waals surface area contributed by atoms with Crippen molar-refractivity contribution in [2.75, 3.05) is 11.4 Å². The second-order valence-corrected chi connectivity index (χ2v) is 5.69. The van der Waals surface area contributed by atoms with Crippen LogP contribution in [0.3, 0.4) is 0 Å². The van der Waals surface area contributed by atoms with E-state index in [0.717, 1.165) is 17.1 Å². The molecule has 0 unspecified atom stereocenters. The molecule has 0 fully saturated rings. The molecule has 3 rings (SSSR count). The van der Waals surface area contributed by atoms with Crippen molar-refractivity contribution in [3.8, 4) is 0 Å². The van der Waals surface area contributed by atoms with Crippen molar-refractivity contribution in [2.45, 2.75) is 13.8 Å². The predicted octanol–water partition coefficient (Wildman–Crippen LogP) is 3.52. The highest BCUT2D eigenvalue weighted by Gasteiger charge is 2.12. The summed E-state index contributed by atoms with van der Waals surface area (Å²) < 4.78 is 0. The molecule has 1 aromatic carbocycles. The van der Waals surface area contributed by atoms with Gasteiger partial charge in [0, 0.05) is 18.4 Å². The number of fused-ring (bicyclic) bond motifs is 1. The largest absolute Gasteiger partial charge is 0.318 e. The first-order valence-electron chi connectivity index (χ1n) is 6.79. The summed E-state index contributed by atoms with van der Waals surface area (Å²) in [6.07, 6.45) is 1.70. The normalized spacial score (nSPS) is 10.8. The van der Waals surface area contributed by atoms with Crippen LogP contribution in [-0.2, 0) is 0 Å². The van der Waals surface area contributed by atoms with Gasteiger partial charge in [-0.3, -0.25) is 4.79 Å². The van der Waals surface area contributed by atoms with Gasteiger partial charge in [-0.25, -0.2) is 4.98 Å². The molecule has 3 aromatic rings. The Morgan fingerprint density at radius 3 is 2.67 bits per heavy atom. The van der Waals surface area contributed by atoms with Crippen LogP contribution in [0.1, 0.15) is 12.5 Å². The van der Waals surface area contributed by atoms with Crippen molar-refractivity contribution >= 4 is 32.4 Å². The Kier molecular flexibility index (Phi) is 3.66. The Morgan fingerprint density at radius 1 is 1.19 bits per heavy atom. The van der Waals surface area contributed by atoms with E-state index in [4.69, 9.17) is 0 Å². The first-order valence-corrected chi connectivity index (χ1v) is 7.61. The Hall–Kier alpha value is -2.27. The third-order valence-electron chi connectivity index (χ3n) is 3.28. The number of hydrogen-bond donors (Lipinski definition) is 0. The molecule has 2 aromatic heterocycles. The molecule has 21 heavy (non-hydrogen) atoms. The highest BCUT2D eigenvalue weighted by Crippen LogP contribution is 2.28. The molecule has 106 valence electrons. The summed E-state index contributed by atoms with van der Waals surface area (Å²) in [6, 6.07) is 11.7. The van der Waals surface area contributed by atoms with Gasteiger partial charge in [-0.05, 0) is 38.1 Å². The molecule has 0 aliphatic carbocycles. The first kappa shape index (κ1) is 13.7. The summed E-state index contributed by atoms with van der Waals surface area (Å²) in [6.45, 7) is 4.84. The molecule has 0 atom stereocenters. The first-order chi connectivity index (χ1) is 10.2. The molecule has 0 aliphatic rings. The van der Waals surface area contributed by atoms with Gasteiger partial charge >= 0.3 is 0 Å². The van der Waals surface area contributed by atoms with Gasteiger partial charge in [-0.1, -0.05) is 29.0 Å². The summed E-state index contributed by atoms with van der Waals surface area (Å²) in [5.74, 6) is 0. The highest BCUT2D eigenvalue weighted by molar-refractivity contribution is 7.21. The maximum atomic E-state index is 12.1. The minimum atomic E-state index is -0.225. The monoisotopic (exact) mass is 297 g/mol. The number of rotatable bonds is 3. The van der Waals surface area contributed by atoms with E-state index in [1.807, 2.05) is 24.0 Å². The number of pyridine rings is 1. The summed E-state index contributed by atoms with van der Waals surface area (Å²) in [5.41, 5.74) is 2.01. The van der Waals surface area contributed by atoms with E-state index in [0.29, 0.717) is 10.5 Å². The summed E-state index contributed by atoms with van der Waals surface area (Å²) >= 11 is 1.44. The maximum absolute atomic E-state index is 12.1. The number of benzene rings is 1. The molecule has 0 saturated heterocycles. The Morgan fingerprint density at radius 2 is 1.95 bits per heavy atom. The number of hydrogen-bond acceptors (Lipinski definition) is 5. The van der Waals surface area contributed by atoms with E-state index in [-0.39, 0.29) is 5.56 Å². The maximum Gasteiger partial charge on any atom is 0.282 e. The van der Waals surface area contributed by atoms with Gasteiger partial charge in [0.05, 0.1) is 5.39 Å². The molecule has 4 nitrogen and oxygen atoms in total. The second-order valence-electron chi connectivity index (χ2n) is 4.74. The molecule has 5 heteroatoms. The minimum Gasteiger partial charge on any atom is -0.318 e. The van der Waals surface area contributed by atoms with E-state index < -0.39 is 0 Å². The second kappa shape index (κ2) is 5.61. The number of nitrogens with zero attached hydrogens (tertiary/aromatic N) is 3. The third kappa shape index (κ3) is 2.64. The SMILES string of the molecule is CCN(c1ccc(C)cc1)c1nc(=O)c2cccnc2s1. The van der Waals surface area contributed by atoms with Crippen LogP contribution in [0.5, 0.6) is 0 Å². The lowest BCUT2D eigenvalue weighted by molar-refractivity contribution is 1.00. The zero-order valence-electron chi connectivity index (χ0n) is 11.9. The fraction of sp³-hybridized carbons (Fsp3) is 0.188. The van der Waals surface area contributed by atoms with E-state index in [1.54, 1.807) is 18.3 Å². The quantitative estimate of drug-likeness (QED) is 0.742. The van der Waals surface area contributed by atoms with Crippen LogP contribution in [0.4, 0.5) is 10.8 Å². The molecule has 0 saturated carbocycles. The molecule has 0 spiro atoms. The van der Waals surface area contributed by atoms with E-state index >= 15 is 0 Å². The molecule has 2 heterocycles. The Balaban J connectivity index is 2.13. The smallest absolute Gasteiger partial charge is 0.282 e. The average molecular weight is 297 g/mol. The van der Waals surface area contributed by atoms with Crippen LogP contribution in [0, 0.1) is 6.92 Å². The number of anilines is 2. The number of aryl methyl sites for hydroxylation is 1. The summed E-state index contributed by atoms with van der Waals surface area (Å²) in [5, 5.41) is 1.25. The highest BCUT2D eigenvalue weighted by atomic mass is 32.1. The van der Waals surface area contributed by atoms with Gasteiger partial charge in [0.15, 0.2) is 5.13 Å². The molecule has 0 radical (unpaired) electrons. The fourth-order valence-corrected chi connectivity index (χ4v) is 3.18. The van der Waals surface area contributed by atoms with Gasteiger partial charge in [0.1, 0.15) is 4.83 Å². The standard InChI is InChI=1S/C16H15N3OS/c1-3-19(12-8-6-11(2)7-9-12)16-18-14(20)13-5-4-10-17-15(13)21-16/h4-10H,3H2,1-2H3. The topological polar surface area (TPSA) is 46.1 Å². The van der Waals surface area contributed by atoms with E-state index in [1.165, 1.54) is 16.9 Å². The summed E-state index contributed by atoms with van der Waals surface area (Å²) in [4.78, 5) is 23.4. The van der Waals surface area contributed by atoms with Crippen LogP contribution in [-0.4, -0.2) is 16.5 Å².